The summed E-state index contributed by atoms with van der Waals surface area (Å²) in [6, 6.07) is 4.60. The number of hydrogen-bond donors (Lipinski definition) is 1. The summed E-state index contributed by atoms with van der Waals surface area (Å²) in [5.74, 6) is 0.0240. The van der Waals surface area contributed by atoms with Gasteiger partial charge in [-0.2, -0.15) is 0 Å². The summed E-state index contributed by atoms with van der Waals surface area (Å²) in [4.78, 5) is 0.108. The minimum atomic E-state index is -3.26. The van der Waals surface area contributed by atoms with Crippen molar-refractivity contribution in [1.82, 2.24) is 0 Å². The summed E-state index contributed by atoms with van der Waals surface area (Å²) in [5.41, 5.74) is 5.76. The molecule has 0 bridgehead atoms. The number of nitrogens with two attached hydrogens (primary N) is 1. The second-order valence-electron chi connectivity index (χ2n) is 2.56. The van der Waals surface area contributed by atoms with Crippen LogP contribution in [0.2, 0.25) is 5.02 Å². The number of halogens is 1. The fourth-order valence-corrected chi connectivity index (χ4v) is 2.39. The number of nitrogen functional groups attached to an aromatic ring is 1. The molecule has 1 aromatic carbocycles. The Kier molecular flexibility index (Phi) is 2.83. The summed E-state index contributed by atoms with van der Waals surface area (Å²) in [7, 11) is -3.26. The van der Waals surface area contributed by atoms with Gasteiger partial charge in [0.1, 0.15) is 0 Å². The molecule has 5 heteroatoms. The van der Waals surface area contributed by atoms with E-state index in [1.54, 1.807) is 19.1 Å². The summed E-state index contributed by atoms with van der Waals surface area (Å²) in [5, 5.41) is 0.115. The van der Waals surface area contributed by atoms with Crippen LogP contribution in [0, 0.1) is 0 Å². The molecule has 0 fully saturated rings. The lowest BCUT2D eigenvalue weighted by Crippen LogP contribution is -2.05. The highest BCUT2D eigenvalue weighted by atomic mass is 35.5. The fourth-order valence-electron chi connectivity index (χ4n) is 0.923. The van der Waals surface area contributed by atoms with Crippen LogP contribution in [-0.4, -0.2) is 14.2 Å². The Balaban J connectivity index is 3.40. The Morgan fingerprint density at radius 1 is 1.46 bits per heavy atom. The lowest BCUT2D eigenvalue weighted by molar-refractivity contribution is 0.597. The molecule has 13 heavy (non-hydrogen) atoms. The van der Waals surface area contributed by atoms with Crippen LogP contribution in [0.15, 0.2) is 23.1 Å². The van der Waals surface area contributed by atoms with Crippen molar-refractivity contribution < 1.29 is 8.42 Å². The van der Waals surface area contributed by atoms with Crippen LogP contribution in [0.3, 0.4) is 0 Å². The van der Waals surface area contributed by atoms with Crippen LogP contribution in [0.25, 0.3) is 0 Å². The van der Waals surface area contributed by atoms with E-state index < -0.39 is 9.84 Å². The number of sulfone groups is 1. The van der Waals surface area contributed by atoms with Gasteiger partial charge in [0.2, 0.25) is 0 Å². The molecule has 3 nitrogen and oxygen atoms in total. The van der Waals surface area contributed by atoms with Crippen LogP contribution in [0.4, 0.5) is 5.69 Å². The number of anilines is 1. The zero-order valence-corrected chi connectivity index (χ0v) is 8.69. The topological polar surface area (TPSA) is 60.2 Å². The standard InChI is InChI=1S/C8H10ClNO2S/c1-2-13(11,12)7-5-3-4-6(10)8(7)9/h3-5H,2,10H2,1H3. The van der Waals surface area contributed by atoms with E-state index in [1.165, 1.54) is 6.07 Å². The molecule has 1 rings (SSSR count). The molecule has 0 radical (unpaired) electrons. The summed E-state index contributed by atoms with van der Waals surface area (Å²) < 4.78 is 22.9. The van der Waals surface area contributed by atoms with Gasteiger partial charge in [-0.15, -0.1) is 0 Å². The van der Waals surface area contributed by atoms with Gasteiger partial charge >= 0.3 is 0 Å². The highest BCUT2D eigenvalue weighted by molar-refractivity contribution is 7.91. The van der Waals surface area contributed by atoms with Crippen LogP contribution in [0.1, 0.15) is 6.92 Å². The number of benzene rings is 1. The first-order chi connectivity index (χ1) is 5.99. The summed E-state index contributed by atoms with van der Waals surface area (Å²) in [6.45, 7) is 1.56. The molecule has 0 unspecified atom stereocenters. The van der Waals surface area contributed by atoms with Gasteiger partial charge in [0.25, 0.3) is 0 Å². The summed E-state index contributed by atoms with van der Waals surface area (Å²) in [6.07, 6.45) is 0. The zero-order valence-electron chi connectivity index (χ0n) is 7.12. The lowest BCUT2D eigenvalue weighted by Gasteiger charge is -2.05. The van der Waals surface area contributed by atoms with Gasteiger partial charge in [0, 0.05) is 0 Å². The smallest absolute Gasteiger partial charge is 0.179 e. The quantitative estimate of drug-likeness (QED) is 0.771. The van der Waals surface area contributed by atoms with Crippen molar-refractivity contribution in [3.8, 4) is 0 Å². The second kappa shape index (κ2) is 3.55. The first-order valence-corrected chi connectivity index (χ1v) is 5.79. The predicted octanol–water partition coefficient (Wildman–Crippen LogP) is 1.72. The van der Waals surface area contributed by atoms with Gasteiger partial charge in [-0.05, 0) is 12.1 Å². The van der Waals surface area contributed by atoms with Crippen molar-refractivity contribution in [2.24, 2.45) is 0 Å². The van der Waals surface area contributed by atoms with E-state index in [4.69, 9.17) is 17.3 Å². The van der Waals surface area contributed by atoms with Gasteiger partial charge in [0.05, 0.1) is 21.4 Å². The van der Waals surface area contributed by atoms with Crippen LogP contribution < -0.4 is 5.73 Å². The molecule has 0 amide bonds. The van der Waals surface area contributed by atoms with Gasteiger partial charge < -0.3 is 5.73 Å². The molecular weight excluding hydrogens is 210 g/mol. The van der Waals surface area contributed by atoms with Crippen LogP contribution >= 0.6 is 11.6 Å². The maximum atomic E-state index is 11.4. The monoisotopic (exact) mass is 219 g/mol. The first-order valence-electron chi connectivity index (χ1n) is 3.75. The maximum absolute atomic E-state index is 11.4. The molecule has 0 saturated carbocycles. The molecule has 0 aliphatic rings. The molecule has 0 aliphatic heterocycles. The van der Waals surface area contributed by atoms with Crippen molar-refractivity contribution in [2.45, 2.75) is 11.8 Å². The Morgan fingerprint density at radius 2 is 2.08 bits per heavy atom. The molecule has 0 heterocycles. The largest absolute Gasteiger partial charge is 0.397 e. The van der Waals surface area contributed by atoms with Gasteiger partial charge in [-0.1, -0.05) is 24.6 Å². The SMILES string of the molecule is CCS(=O)(=O)c1cccc(N)c1Cl. The van der Waals surface area contributed by atoms with Gasteiger partial charge in [-0.3, -0.25) is 0 Å². The highest BCUT2D eigenvalue weighted by Gasteiger charge is 2.16. The minimum absolute atomic E-state index is 0.0240. The van der Waals surface area contributed by atoms with Crippen LogP contribution in [0.5, 0.6) is 0 Å². The third-order valence-electron chi connectivity index (χ3n) is 1.71. The third kappa shape index (κ3) is 1.95. The highest BCUT2D eigenvalue weighted by Crippen LogP contribution is 2.27. The third-order valence-corrected chi connectivity index (χ3v) is 4.01. The maximum Gasteiger partial charge on any atom is 0.179 e. The fraction of sp³-hybridized carbons (Fsp3) is 0.250. The lowest BCUT2D eigenvalue weighted by atomic mass is 10.3. The van der Waals surface area contributed by atoms with Crippen molar-refractivity contribution in [3.05, 3.63) is 23.2 Å². The normalized spacial score (nSPS) is 11.5. The van der Waals surface area contributed by atoms with Gasteiger partial charge in [-0.25, -0.2) is 8.42 Å². The molecule has 0 spiro atoms. The molecular formula is C8H10ClNO2S. The van der Waals surface area contributed by atoms with E-state index in [0.29, 0.717) is 0 Å². The second-order valence-corrected chi connectivity index (χ2v) is 5.19. The van der Waals surface area contributed by atoms with E-state index in [1.807, 2.05) is 0 Å². The van der Waals surface area contributed by atoms with E-state index in [9.17, 15) is 8.42 Å². The Morgan fingerprint density at radius 3 is 2.62 bits per heavy atom. The van der Waals surface area contributed by atoms with Crippen molar-refractivity contribution in [1.29, 1.82) is 0 Å². The average Bonchev–Trinajstić information content (AvgIpc) is 2.09. The van der Waals surface area contributed by atoms with Crippen molar-refractivity contribution in [3.63, 3.8) is 0 Å². The van der Waals surface area contributed by atoms with E-state index >= 15 is 0 Å². The van der Waals surface area contributed by atoms with Crippen LogP contribution in [-0.2, 0) is 9.84 Å². The molecule has 0 saturated heterocycles. The first kappa shape index (κ1) is 10.3. The molecule has 0 aliphatic carbocycles. The Bertz CT molecular complexity index is 414. The average molecular weight is 220 g/mol. The molecule has 72 valence electrons. The minimum Gasteiger partial charge on any atom is -0.397 e. The van der Waals surface area contributed by atoms with E-state index in [0.717, 1.165) is 0 Å². The van der Waals surface area contributed by atoms with E-state index in [2.05, 4.69) is 0 Å². The zero-order chi connectivity index (χ0) is 10.1. The van der Waals surface area contributed by atoms with E-state index in [-0.39, 0.29) is 21.4 Å². The number of rotatable bonds is 2. The molecule has 1 aromatic rings. The molecule has 0 aromatic heterocycles. The van der Waals surface area contributed by atoms with Crippen molar-refractivity contribution >= 4 is 27.1 Å². The van der Waals surface area contributed by atoms with Gasteiger partial charge in [0.15, 0.2) is 9.84 Å². The Labute approximate surface area is 82.4 Å². The van der Waals surface area contributed by atoms with Crippen molar-refractivity contribution in [2.75, 3.05) is 11.5 Å². The molecule has 0 atom stereocenters. The Hall–Kier alpha value is -0.740. The molecule has 2 N–H and O–H groups in total. The summed E-state index contributed by atoms with van der Waals surface area (Å²) >= 11 is 5.75. The predicted molar refractivity (Wildman–Crippen MR) is 53.6 cm³/mol. The number of hydrogen-bond acceptors (Lipinski definition) is 3.